The SMILES string of the molecule is CCN(C)C=Nc1cc(C)c(O)cc1C. The number of phenolic OH excluding ortho intramolecular Hbond substituents is 1. The summed E-state index contributed by atoms with van der Waals surface area (Å²) in [4.78, 5) is 6.37. The zero-order valence-corrected chi connectivity index (χ0v) is 9.78. The van der Waals surface area contributed by atoms with Crippen molar-refractivity contribution in [3.05, 3.63) is 23.3 Å². The van der Waals surface area contributed by atoms with E-state index in [1.165, 1.54) is 0 Å². The first-order valence-electron chi connectivity index (χ1n) is 5.09. The van der Waals surface area contributed by atoms with Gasteiger partial charge >= 0.3 is 0 Å². The molecule has 0 bridgehead atoms. The van der Waals surface area contributed by atoms with Gasteiger partial charge in [-0.05, 0) is 44.0 Å². The molecule has 0 fully saturated rings. The highest BCUT2D eigenvalue weighted by Gasteiger charge is 2.01. The molecule has 1 N–H and O–H groups in total. The Hall–Kier alpha value is -1.51. The van der Waals surface area contributed by atoms with Crippen LogP contribution in [-0.2, 0) is 0 Å². The molecule has 0 unspecified atom stereocenters. The second kappa shape index (κ2) is 4.82. The minimum Gasteiger partial charge on any atom is -0.508 e. The highest BCUT2D eigenvalue weighted by molar-refractivity contribution is 5.64. The van der Waals surface area contributed by atoms with E-state index in [2.05, 4.69) is 11.9 Å². The lowest BCUT2D eigenvalue weighted by molar-refractivity contribution is 0.470. The van der Waals surface area contributed by atoms with Gasteiger partial charge in [-0.1, -0.05) is 0 Å². The van der Waals surface area contributed by atoms with E-state index < -0.39 is 0 Å². The maximum absolute atomic E-state index is 9.49. The lowest BCUT2D eigenvalue weighted by Gasteiger charge is -2.09. The molecule has 0 aliphatic rings. The number of hydrogen-bond donors (Lipinski definition) is 1. The lowest BCUT2D eigenvalue weighted by atomic mass is 10.1. The Morgan fingerprint density at radius 3 is 2.60 bits per heavy atom. The van der Waals surface area contributed by atoms with Crippen LogP contribution in [0.15, 0.2) is 17.1 Å². The summed E-state index contributed by atoms with van der Waals surface area (Å²) >= 11 is 0. The highest BCUT2D eigenvalue weighted by Crippen LogP contribution is 2.26. The standard InChI is InChI=1S/C12H18N2O/c1-5-14(4)8-13-11-6-10(3)12(15)7-9(11)2/h6-8,15H,5H2,1-4H3. The van der Waals surface area contributed by atoms with Crippen LogP contribution in [-0.4, -0.2) is 29.9 Å². The smallest absolute Gasteiger partial charge is 0.118 e. The molecule has 0 saturated carbocycles. The fourth-order valence-electron chi connectivity index (χ4n) is 1.17. The zero-order chi connectivity index (χ0) is 11.4. The molecule has 0 heterocycles. The van der Waals surface area contributed by atoms with Crippen LogP contribution in [0.2, 0.25) is 0 Å². The molecule has 15 heavy (non-hydrogen) atoms. The number of aromatic hydroxyl groups is 1. The van der Waals surface area contributed by atoms with Gasteiger partial charge in [-0.25, -0.2) is 4.99 Å². The minimum atomic E-state index is 0.329. The third-order valence-electron chi connectivity index (χ3n) is 2.41. The molecule has 0 amide bonds. The van der Waals surface area contributed by atoms with E-state index in [0.29, 0.717) is 5.75 Å². The van der Waals surface area contributed by atoms with Gasteiger partial charge in [0.25, 0.3) is 0 Å². The first-order valence-corrected chi connectivity index (χ1v) is 5.09. The van der Waals surface area contributed by atoms with E-state index in [9.17, 15) is 5.11 Å². The molecule has 0 aliphatic carbocycles. The van der Waals surface area contributed by atoms with E-state index in [4.69, 9.17) is 0 Å². The molecule has 82 valence electrons. The number of nitrogens with zero attached hydrogens (tertiary/aromatic N) is 2. The summed E-state index contributed by atoms with van der Waals surface area (Å²) in [5, 5.41) is 9.49. The molecule has 0 spiro atoms. The fourth-order valence-corrected chi connectivity index (χ4v) is 1.17. The molecule has 1 aromatic rings. The van der Waals surface area contributed by atoms with Gasteiger partial charge in [0, 0.05) is 13.6 Å². The molecule has 1 rings (SSSR count). The summed E-state index contributed by atoms with van der Waals surface area (Å²) < 4.78 is 0. The second-order valence-electron chi connectivity index (χ2n) is 3.74. The molecule has 0 saturated heterocycles. The fraction of sp³-hybridized carbons (Fsp3) is 0.417. The summed E-state index contributed by atoms with van der Waals surface area (Å²) in [6.07, 6.45) is 1.80. The predicted molar refractivity (Wildman–Crippen MR) is 64.0 cm³/mol. The second-order valence-corrected chi connectivity index (χ2v) is 3.74. The monoisotopic (exact) mass is 206 g/mol. The summed E-state index contributed by atoms with van der Waals surface area (Å²) in [5.41, 5.74) is 2.75. The summed E-state index contributed by atoms with van der Waals surface area (Å²) in [6, 6.07) is 3.64. The van der Waals surface area contributed by atoms with Gasteiger partial charge in [-0.15, -0.1) is 0 Å². The van der Waals surface area contributed by atoms with E-state index in [0.717, 1.165) is 23.4 Å². The van der Waals surface area contributed by atoms with E-state index in [1.807, 2.05) is 31.9 Å². The molecule has 0 aliphatic heterocycles. The predicted octanol–water partition coefficient (Wildman–Crippen LogP) is 2.62. The Morgan fingerprint density at radius 2 is 2.00 bits per heavy atom. The maximum atomic E-state index is 9.49. The largest absolute Gasteiger partial charge is 0.508 e. The van der Waals surface area contributed by atoms with Crippen LogP contribution in [0.3, 0.4) is 0 Å². The molecule has 0 atom stereocenters. The number of hydrogen-bond acceptors (Lipinski definition) is 2. The van der Waals surface area contributed by atoms with Crippen LogP contribution in [0.5, 0.6) is 5.75 Å². The van der Waals surface area contributed by atoms with Crippen molar-refractivity contribution in [1.82, 2.24) is 4.90 Å². The van der Waals surface area contributed by atoms with E-state index in [1.54, 1.807) is 12.4 Å². The van der Waals surface area contributed by atoms with E-state index >= 15 is 0 Å². The van der Waals surface area contributed by atoms with Crippen molar-refractivity contribution in [3.63, 3.8) is 0 Å². The highest BCUT2D eigenvalue weighted by atomic mass is 16.3. The van der Waals surface area contributed by atoms with Crippen LogP contribution in [0.25, 0.3) is 0 Å². The topological polar surface area (TPSA) is 35.8 Å². The summed E-state index contributed by atoms with van der Waals surface area (Å²) in [5.74, 6) is 0.329. The number of benzene rings is 1. The Kier molecular flexibility index (Phi) is 3.72. The zero-order valence-electron chi connectivity index (χ0n) is 9.78. The average Bonchev–Trinajstić information content (AvgIpc) is 2.21. The van der Waals surface area contributed by atoms with Gasteiger partial charge < -0.3 is 10.0 Å². The van der Waals surface area contributed by atoms with Crippen molar-refractivity contribution in [2.24, 2.45) is 4.99 Å². The summed E-state index contributed by atoms with van der Waals surface area (Å²) in [6.45, 7) is 6.82. The summed E-state index contributed by atoms with van der Waals surface area (Å²) in [7, 11) is 1.98. The van der Waals surface area contributed by atoms with Gasteiger partial charge in [0.1, 0.15) is 5.75 Å². The Morgan fingerprint density at radius 1 is 1.33 bits per heavy atom. The van der Waals surface area contributed by atoms with Crippen LogP contribution in [0.4, 0.5) is 5.69 Å². The Balaban J connectivity index is 2.95. The third kappa shape index (κ3) is 2.98. The molecular formula is C12H18N2O. The third-order valence-corrected chi connectivity index (χ3v) is 2.41. The van der Waals surface area contributed by atoms with Crippen LogP contribution >= 0.6 is 0 Å². The number of aryl methyl sites for hydroxylation is 2. The Labute approximate surface area is 91.1 Å². The van der Waals surface area contributed by atoms with Gasteiger partial charge in [0.15, 0.2) is 0 Å². The van der Waals surface area contributed by atoms with Crippen molar-refractivity contribution in [1.29, 1.82) is 0 Å². The first-order chi connectivity index (χ1) is 7.04. The Bertz CT molecular complexity index is 372. The van der Waals surface area contributed by atoms with Crippen molar-refractivity contribution in [3.8, 4) is 5.75 Å². The number of aliphatic imine (C=N–C) groups is 1. The van der Waals surface area contributed by atoms with Crippen molar-refractivity contribution in [2.75, 3.05) is 13.6 Å². The maximum Gasteiger partial charge on any atom is 0.118 e. The van der Waals surface area contributed by atoms with Gasteiger partial charge in [0.05, 0.1) is 12.0 Å². The minimum absolute atomic E-state index is 0.329. The van der Waals surface area contributed by atoms with Crippen molar-refractivity contribution < 1.29 is 5.11 Å². The molecule has 1 aromatic carbocycles. The van der Waals surface area contributed by atoms with Crippen molar-refractivity contribution in [2.45, 2.75) is 20.8 Å². The number of rotatable bonds is 3. The van der Waals surface area contributed by atoms with Crippen LogP contribution < -0.4 is 0 Å². The molecule has 0 aromatic heterocycles. The van der Waals surface area contributed by atoms with E-state index in [-0.39, 0.29) is 0 Å². The lowest BCUT2D eigenvalue weighted by Crippen LogP contribution is -2.14. The van der Waals surface area contributed by atoms with Gasteiger partial charge in [-0.2, -0.15) is 0 Å². The van der Waals surface area contributed by atoms with Crippen molar-refractivity contribution >= 4 is 12.0 Å². The van der Waals surface area contributed by atoms with Crippen LogP contribution in [0, 0.1) is 13.8 Å². The first kappa shape index (κ1) is 11.6. The van der Waals surface area contributed by atoms with Gasteiger partial charge in [-0.3, -0.25) is 0 Å². The average molecular weight is 206 g/mol. The molecule has 3 nitrogen and oxygen atoms in total. The van der Waals surface area contributed by atoms with Crippen LogP contribution in [0.1, 0.15) is 18.1 Å². The van der Waals surface area contributed by atoms with Gasteiger partial charge in [0.2, 0.25) is 0 Å². The molecule has 0 radical (unpaired) electrons. The molecular weight excluding hydrogens is 188 g/mol. The number of phenols is 1. The quantitative estimate of drug-likeness (QED) is 0.609. The molecule has 3 heteroatoms. The normalized spacial score (nSPS) is 10.9.